The van der Waals surface area contributed by atoms with Gasteiger partial charge in [0.15, 0.2) is 0 Å². The predicted octanol–water partition coefficient (Wildman–Crippen LogP) is 2.66. The van der Waals surface area contributed by atoms with Gasteiger partial charge in [-0.2, -0.15) is 0 Å². The van der Waals surface area contributed by atoms with E-state index in [1.165, 1.54) is 25.7 Å². The van der Waals surface area contributed by atoms with Crippen LogP contribution in [0.15, 0.2) is 0 Å². The van der Waals surface area contributed by atoms with Crippen LogP contribution in [0.3, 0.4) is 0 Å². The maximum absolute atomic E-state index is 9.57. The molecule has 1 N–H and O–H groups in total. The van der Waals surface area contributed by atoms with Gasteiger partial charge in [-0.3, -0.25) is 4.90 Å². The summed E-state index contributed by atoms with van der Waals surface area (Å²) >= 11 is 0. The SMILES string of the molecule is CC(C)(C)C1CCC(N2CC[C@@H](O)C2)CC1. The molecule has 1 aliphatic carbocycles. The molecule has 1 aliphatic heterocycles. The lowest BCUT2D eigenvalue weighted by molar-refractivity contribution is 0.0976. The van der Waals surface area contributed by atoms with Gasteiger partial charge in [-0.1, -0.05) is 20.8 Å². The van der Waals surface area contributed by atoms with E-state index in [-0.39, 0.29) is 6.10 Å². The lowest BCUT2D eigenvalue weighted by atomic mass is 9.71. The zero-order valence-corrected chi connectivity index (χ0v) is 11.1. The fourth-order valence-corrected chi connectivity index (χ4v) is 3.41. The Morgan fingerprint density at radius 2 is 1.62 bits per heavy atom. The predicted molar refractivity (Wildman–Crippen MR) is 67.4 cm³/mol. The highest BCUT2D eigenvalue weighted by Gasteiger charge is 2.34. The molecule has 0 spiro atoms. The van der Waals surface area contributed by atoms with Crippen LogP contribution < -0.4 is 0 Å². The standard InChI is InChI=1S/C14H27NO/c1-14(2,3)11-4-6-12(7-5-11)15-9-8-13(16)10-15/h11-13,16H,4-10H2,1-3H3/t11?,12?,13-/m1/s1. The fourth-order valence-electron chi connectivity index (χ4n) is 3.41. The summed E-state index contributed by atoms with van der Waals surface area (Å²) in [6.45, 7) is 9.16. The number of aliphatic hydroxyl groups is 1. The molecule has 2 nitrogen and oxygen atoms in total. The van der Waals surface area contributed by atoms with Crippen LogP contribution >= 0.6 is 0 Å². The van der Waals surface area contributed by atoms with E-state index in [4.69, 9.17) is 0 Å². The first-order valence-corrected chi connectivity index (χ1v) is 6.89. The molecule has 2 heteroatoms. The van der Waals surface area contributed by atoms with Crippen LogP contribution in [0.5, 0.6) is 0 Å². The van der Waals surface area contributed by atoms with Gasteiger partial charge < -0.3 is 5.11 Å². The second kappa shape index (κ2) is 4.66. The van der Waals surface area contributed by atoms with E-state index < -0.39 is 0 Å². The number of rotatable bonds is 1. The number of nitrogens with zero attached hydrogens (tertiary/aromatic N) is 1. The molecule has 0 bridgehead atoms. The second-order valence-corrected chi connectivity index (χ2v) is 6.81. The number of likely N-dealkylation sites (tertiary alicyclic amines) is 1. The largest absolute Gasteiger partial charge is 0.392 e. The average Bonchev–Trinajstić information content (AvgIpc) is 2.64. The summed E-state index contributed by atoms with van der Waals surface area (Å²) in [6, 6.07) is 0.760. The molecule has 2 fully saturated rings. The fraction of sp³-hybridized carbons (Fsp3) is 1.00. The van der Waals surface area contributed by atoms with Crippen LogP contribution in [0.25, 0.3) is 0 Å². The Bertz CT molecular complexity index is 225. The molecule has 1 atom stereocenters. The third kappa shape index (κ3) is 2.78. The first-order valence-electron chi connectivity index (χ1n) is 6.89. The third-order valence-electron chi connectivity index (χ3n) is 4.63. The van der Waals surface area contributed by atoms with Crippen molar-refractivity contribution in [2.75, 3.05) is 13.1 Å². The summed E-state index contributed by atoms with van der Waals surface area (Å²) in [4.78, 5) is 2.52. The maximum atomic E-state index is 9.57. The topological polar surface area (TPSA) is 23.5 Å². The summed E-state index contributed by atoms with van der Waals surface area (Å²) in [5.41, 5.74) is 0.482. The van der Waals surface area contributed by atoms with Crippen LogP contribution in [-0.2, 0) is 0 Å². The Labute approximate surface area is 100 Å². The van der Waals surface area contributed by atoms with Crippen molar-refractivity contribution in [2.24, 2.45) is 11.3 Å². The molecule has 1 heterocycles. The van der Waals surface area contributed by atoms with Gasteiger partial charge in [0.2, 0.25) is 0 Å². The highest BCUT2D eigenvalue weighted by atomic mass is 16.3. The number of β-amino-alcohol motifs (C(OH)–C–C–N with tert-alkyl or cyclic N) is 1. The van der Waals surface area contributed by atoms with Gasteiger partial charge in [0.25, 0.3) is 0 Å². The summed E-state index contributed by atoms with van der Waals surface area (Å²) in [6.07, 6.45) is 6.37. The highest BCUT2D eigenvalue weighted by Crippen LogP contribution is 2.39. The van der Waals surface area contributed by atoms with E-state index in [2.05, 4.69) is 25.7 Å². The zero-order chi connectivity index (χ0) is 11.8. The quantitative estimate of drug-likeness (QED) is 0.741. The molecule has 1 saturated heterocycles. The van der Waals surface area contributed by atoms with Gasteiger partial charge in [-0.15, -0.1) is 0 Å². The Morgan fingerprint density at radius 1 is 1.00 bits per heavy atom. The number of hydrogen-bond donors (Lipinski definition) is 1. The van der Waals surface area contributed by atoms with Gasteiger partial charge in [0.05, 0.1) is 6.10 Å². The summed E-state index contributed by atoms with van der Waals surface area (Å²) in [7, 11) is 0. The number of aliphatic hydroxyl groups excluding tert-OH is 1. The van der Waals surface area contributed by atoms with Gasteiger partial charge >= 0.3 is 0 Å². The number of hydrogen-bond acceptors (Lipinski definition) is 2. The van der Waals surface area contributed by atoms with Crippen molar-refractivity contribution in [3.05, 3.63) is 0 Å². The third-order valence-corrected chi connectivity index (χ3v) is 4.63. The van der Waals surface area contributed by atoms with Crippen LogP contribution in [0.4, 0.5) is 0 Å². The van der Waals surface area contributed by atoms with Gasteiger partial charge in [-0.25, -0.2) is 0 Å². The molecule has 0 unspecified atom stereocenters. The van der Waals surface area contributed by atoms with Crippen molar-refractivity contribution in [3.8, 4) is 0 Å². The molecular formula is C14H27NO. The molecule has 0 amide bonds. The van der Waals surface area contributed by atoms with E-state index in [0.29, 0.717) is 5.41 Å². The van der Waals surface area contributed by atoms with E-state index in [9.17, 15) is 5.11 Å². The van der Waals surface area contributed by atoms with E-state index in [1.807, 2.05) is 0 Å². The minimum atomic E-state index is -0.0552. The van der Waals surface area contributed by atoms with Crippen molar-refractivity contribution in [1.29, 1.82) is 0 Å². The van der Waals surface area contributed by atoms with Gasteiger partial charge in [0, 0.05) is 19.1 Å². The first-order chi connectivity index (χ1) is 7.47. The molecule has 2 rings (SSSR count). The maximum Gasteiger partial charge on any atom is 0.0679 e. The molecular weight excluding hydrogens is 198 g/mol. The minimum Gasteiger partial charge on any atom is -0.392 e. The van der Waals surface area contributed by atoms with Gasteiger partial charge in [-0.05, 0) is 43.4 Å². The Kier molecular flexibility index (Phi) is 3.60. The first kappa shape index (κ1) is 12.4. The lowest BCUT2D eigenvalue weighted by Gasteiger charge is -2.40. The molecule has 16 heavy (non-hydrogen) atoms. The van der Waals surface area contributed by atoms with Gasteiger partial charge in [0.1, 0.15) is 0 Å². The zero-order valence-electron chi connectivity index (χ0n) is 11.1. The van der Waals surface area contributed by atoms with E-state index in [0.717, 1.165) is 31.5 Å². The highest BCUT2D eigenvalue weighted by molar-refractivity contribution is 4.87. The van der Waals surface area contributed by atoms with Crippen LogP contribution in [0.2, 0.25) is 0 Å². The summed E-state index contributed by atoms with van der Waals surface area (Å²) < 4.78 is 0. The van der Waals surface area contributed by atoms with Crippen LogP contribution in [0.1, 0.15) is 52.9 Å². The second-order valence-electron chi connectivity index (χ2n) is 6.81. The Morgan fingerprint density at radius 3 is 2.06 bits per heavy atom. The Hall–Kier alpha value is -0.0800. The summed E-state index contributed by atoms with van der Waals surface area (Å²) in [5.74, 6) is 0.899. The monoisotopic (exact) mass is 225 g/mol. The summed E-state index contributed by atoms with van der Waals surface area (Å²) in [5, 5.41) is 9.57. The van der Waals surface area contributed by atoms with E-state index in [1.54, 1.807) is 0 Å². The molecule has 0 aromatic carbocycles. The van der Waals surface area contributed by atoms with Crippen molar-refractivity contribution < 1.29 is 5.11 Å². The van der Waals surface area contributed by atoms with Crippen molar-refractivity contribution in [2.45, 2.75) is 65.0 Å². The van der Waals surface area contributed by atoms with Crippen molar-refractivity contribution in [3.63, 3.8) is 0 Å². The normalized spacial score (nSPS) is 37.9. The smallest absolute Gasteiger partial charge is 0.0679 e. The van der Waals surface area contributed by atoms with Crippen molar-refractivity contribution in [1.82, 2.24) is 4.90 Å². The molecule has 0 radical (unpaired) electrons. The Balaban J connectivity index is 1.81. The van der Waals surface area contributed by atoms with Crippen LogP contribution in [-0.4, -0.2) is 35.2 Å². The molecule has 94 valence electrons. The minimum absolute atomic E-state index is 0.0552. The lowest BCUT2D eigenvalue weighted by Crippen LogP contribution is -2.39. The molecule has 0 aromatic rings. The van der Waals surface area contributed by atoms with E-state index >= 15 is 0 Å². The average molecular weight is 225 g/mol. The molecule has 0 aromatic heterocycles. The van der Waals surface area contributed by atoms with Crippen LogP contribution in [0, 0.1) is 11.3 Å². The molecule has 2 aliphatic rings. The molecule has 1 saturated carbocycles. The van der Waals surface area contributed by atoms with Crippen molar-refractivity contribution >= 4 is 0 Å².